The number of aromatic carboxylic acids is 1. The Morgan fingerprint density at radius 3 is 2.89 bits per heavy atom. The van der Waals surface area contributed by atoms with Crippen molar-refractivity contribution in [1.82, 2.24) is 9.97 Å². The number of nitrogens with two attached hydrogens (primary N) is 1. The lowest BCUT2D eigenvalue weighted by atomic mass is 10.2. The van der Waals surface area contributed by atoms with E-state index in [1.165, 1.54) is 18.5 Å². The summed E-state index contributed by atoms with van der Waals surface area (Å²) in [6.45, 7) is 0. The van der Waals surface area contributed by atoms with Gasteiger partial charge in [0.1, 0.15) is 12.0 Å². The van der Waals surface area contributed by atoms with Crippen LogP contribution in [0.25, 0.3) is 0 Å². The Balaban J connectivity index is 2.31. The van der Waals surface area contributed by atoms with Crippen molar-refractivity contribution in [1.29, 1.82) is 0 Å². The fourth-order valence-corrected chi connectivity index (χ4v) is 1.47. The number of nitrogens with zero attached hydrogens (tertiary/aromatic N) is 2. The van der Waals surface area contributed by atoms with Crippen LogP contribution in [-0.4, -0.2) is 21.0 Å². The first-order valence-electron chi connectivity index (χ1n) is 4.94. The number of anilines is 3. The minimum Gasteiger partial charge on any atom is -0.478 e. The molecule has 6 nitrogen and oxygen atoms in total. The molecule has 0 spiro atoms. The molecule has 1 aromatic carbocycles. The molecular formula is C11H9ClN4O2. The van der Waals surface area contributed by atoms with Gasteiger partial charge in [-0.05, 0) is 18.2 Å². The SMILES string of the molecule is Nc1c(Cl)ncnc1Nc1cccc(C(=O)O)c1. The lowest BCUT2D eigenvalue weighted by molar-refractivity contribution is 0.0697. The predicted octanol–water partition coefficient (Wildman–Crippen LogP) is 2.15. The number of hydrogen-bond acceptors (Lipinski definition) is 5. The summed E-state index contributed by atoms with van der Waals surface area (Å²) in [5.74, 6) is -0.676. The van der Waals surface area contributed by atoms with Gasteiger partial charge in [0.2, 0.25) is 0 Å². The van der Waals surface area contributed by atoms with Crippen LogP contribution in [0, 0.1) is 0 Å². The predicted molar refractivity (Wildman–Crippen MR) is 68.1 cm³/mol. The van der Waals surface area contributed by atoms with Crippen LogP contribution in [0.15, 0.2) is 30.6 Å². The van der Waals surface area contributed by atoms with Gasteiger partial charge < -0.3 is 16.2 Å². The van der Waals surface area contributed by atoms with Gasteiger partial charge in [-0.15, -0.1) is 0 Å². The maximum absolute atomic E-state index is 10.8. The molecule has 18 heavy (non-hydrogen) atoms. The smallest absolute Gasteiger partial charge is 0.335 e. The van der Waals surface area contributed by atoms with Gasteiger partial charge in [0.05, 0.1) is 5.56 Å². The van der Waals surface area contributed by atoms with E-state index in [2.05, 4.69) is 15.3 Å². The van der Waals surface area contributed by atoms with Crippen molar-refractivity contribution in [2.75, 3.05) is 11.1 Å². The molecule has 0 aliphatic heterocycles. The molecule has 0 saturated carbocycles. The quantitative estimate of drug-likeness (QED) is 0.734. The lowest BCUT2D eigenvalue weighted by Crippen LogP contribution is -2.02. The number of halogens is 1. The highest BCUT2D eigenvalue weighted by Gasteiger charge is 2.08. The van der Waals surface area contributed by atoms with E-state index >= 15 is 0 Å². The van der Waals surface area contributed by atoms with Gasteiger partial charge >= 0.3 is 5.97 Å². The van der Waals surface area contributed by atoms with Crippen LogP contribution in [0.4, 0.5) is 17.2 Å². The summed E-state index contributed by atoms with van der Waals surface area (Å²) in [4.78, 5) is 18.5. The van der Waals surface area contributed by atoms with Gasteiger partial charge in [-0.3, -0.25) is 0 Å². The van der Waals surface area contributed by atoms with E-state index in [1.54, 1.807) is 12.1 Å². The van der Waals surface area contributed by atoms with Crippen LogP contribution in [0.3, 0.4) is 0 Å². The van der Waals surface area contributed by atoms with Gasteiger partial charge in [0.15, 0.2) is 11.0 Å². The monoisotopic (exact) mass is 264 g/mol. The molecule has 92 valence electrons. The first kappa shape index (κ1) is 12.1. The maximum Gasteiger partial charge on any atom is 0.335 e. The van der Waals surface area contributed by atoms with Crippen LogP contribution >= 0.6 is 11.6 Å². The van der Waals surface area contributed by atoms with Crippen LogP contribution in [0.5, 0.6) is 0 Å². The molecule has 0 radical (unpaired) electrons. The molecule has 4 N–H and O–H groups in total. The van der Waals surface area contributed by atoms with E-state index < -0.39 is 5.97 Å². The summed E-state index contributed by atoms with van der Waals surface area (Å²) in [6, 6.07) is 6.27. The summed E-state index contributed by atoms with van der Waals surface area (Å²) in [5, 5.41) is 11.9. The minimum atomic E-state index is -1.01. The summed E-state index contributed by atoms with van der Waals surface area (Å²) >= 11 is 5.75. The van der Waals surface area contributed by atoms with Gasteiger partial charge in [0, 0.05) is 5.69 Å². The van der Waals surface area contributed by atoms with Crippen LogP contribution in [0.2, 0.25) is 5.15 Å². The molecule has 0 unspecified atom stereocenters. The number of carbonyl (C=O) groups is 1. The van der Waals surface area contributed by atoms with Crippen molar-refractivity contribution in [2.45, 2.75) is 0 Å². The Labute approximate surface area is 107 Å². The zero-order valence-corrected chi connectivity index (χ0v) is 9.85. The van der Waals surface area contributed by atoms with Crippen molar-refractivity contribution in [3.8, 4) is 0 Å². The minimum absolute atomic E-state index is 0.141. The van der Waals surface area contributed by atoms with Crippen molar-refractivity contribution in [3.05, 3.63) is 41.3 Å². The fraction of sp³-hybridized carbons (Fsp3) is 0. The number of benzene rings is 1. The van der Waals surface area contributed by atoms with E-state index in [0.717, 1.165) is 0 Å². The number of carboxylic acid groups (broad SMARTS) is 1. The second-order valence-corrected chi connectivity index (χ2v) is 3.80. The van der Waals surface area contributed by atoms with Crippen LogP contribution in [-0.2, 0) is 0 Å². The Morgan fingerprint density at radius 1 is 1.39 bits per heavy atom. The molecule has 2 aromatic rings. The molecule has 2 rings (SSSR count). The Morgan fingerprint density at radius 2 is 2.17 bits per heavy atom. The zero-order valence-electron chi connectivity index (χ0n) is 9.09. The van der Waals surface area contributed by atoms with E-state index in [-0.39, 0.29) is 16.4 Å². The first-order chi connectivity index (χ1) is 8.58. The molecule has 7 heteroatoms. The Hall–Kier alpha value is -2.34. The molecule has 0 fully saturated rings. The van der Waals surface area contributed by atoms with Gasteiger partial charge in [-0.2, -0.15) is 0 Å². The van der Waals surface area contributed by atoms with Crippen LogP contribution < -0.4 is 11.1 Å². The van der Waals surface area contributed by atoms with E-state index in [0.29, 0.717) is 11.5 Å². The van der Waals surface area contributed by atoms with Crippen molar-refractivity contribution >= 4 is 34.8 Å². The third kappa shape index (κ3) is 2.49. The summed E-state index contributed by atoms with van der Waals surface area (Å²) in [6.07, 6.45) is 1.27. The molecule has 0 aliphatic carbocycles. The highest BCUT2D eigenvalue weighted by Crippen LogP contribution is 2.25. The second kappa shape index (κ2) is 4.89. The largest absolute Gasteiger partial charge is 0.478 e. The third-order valence-corrected chi connectivity index (χ3v) is 2.51. The van der Waals surface area contributed by atoms with E-state index in [9.17, 15) is 4.79 Å². The summed E-state index contributed by atoms with van der Waals surface area (Å²) < 4.78 is 0. The third-order valence-electron chi connectivity index (χ3n) is 2.21. The van der Waals surface area contributed by atoms with E-state index in [4.69, 9.17) is 22.4 Å². The van der Waals surface area contributed by atoms with Crippen LogP contribution in [0.1, 0.15) is 10.4 Å². The van der Waals surface area contributed by atoms with E-state index in [1.807, 2.05) is 0 Å². The Kier molecular flexibility index (Phi) is 3.29. The normalized spacial score (nSPS) is 10.1. The second-order valence-electron chi connectivity index (χ2n) is 3.44. The molecule has 1 heterocycles. The topological polar surface area (TPSA) is 101 Å². The number of carboxylic acids is 1. The number of nitrogens with one attached hydrogen (secondary N) is 1. The fourth-order valence-electron chi connectivity index (χ4n) is 1.34. The molecule has 0 bridgehead atoms. The summed E-state index contributed by atoms with van der Waals surface area (Å²) in [7, 11) is 0. The number of nitrogen functional groups attached to an aromatic ring is 1. The van der Waals surface area contributed by atoms with Gasteiger partial charge in [0.25, 0.3) is 0 Å². The maximum atomic E-state index is 10.8. The molecular weight excluding hydrogens is 256 g/mol. The molecule has 0 atom stereocenters. The highest BCUT2D eigenvalue weighted by molar-refractivity contribution is 6.32. The average Bonchev–Trinajstić information content (AvgIpc) is 2.35. The Bertz CT molecular complexity index is 603. The standard InChI is InChI=1S/C11H9ClN4O2/c12-9-8(13)10(15-5-14-9)16-7-3-1-2-6(4-7)11(17)18/h1-5H,13H2,(H,17,18)(H,14,15,16). The first-order valence-corrected chi connectivity index (χ1v) is 5.32. The highest BCUT2D eigenvalue weighted by atomic mass is 35.5. The number of hydrogen-bond donors (Lipinski definition) is 3. The van der Waals surface area contributed by atoms with Crippen molar-refractivity contribution in [2.24, 2.45) is 0 Å². The van der Waals surface area contributed by atoms with Gasteiger partial charge in [-0.1, -0.05) is 17.7 Å². The number of rotatable bonds is 3. The molecule has 0 saturated heterocycles. The average molecular weight is 265 g/mol. The molecule has 1 aromatic heterocycles. The molecule has 0 aliphatic rings. The van der Waals surface area contributed by atoms with Crippen molar-refractivity contribution in [3.63, 3.8) is 0 Å². The molecule has 0 amide bonds. The summed E-state index contributed by atoms with van der Waals surface area (Å²) in [5.41, 5.74) is 6.62. The zero-order chi connectivity index (χ0) is 13.1. The van der Waals surface area contributed by atoms with Gasteiger partial charge in [-0.25, -0.2) is 14.8 Å². The number of aromatic nitrogens is 2. The van der Waals surface area contributed by atoms with Crippen molar-refractivity contribution < 1.29 is 9.90 Å². The lowest BCUT2D eigenvalue weighted by Gasteiger charge is -2.08.